The van der Waals surface area contributed by atoms with Crippen molar-refractivity contribution in [1.82, 2.24) is 10.2 Å². The summed E-state index contributed by atoms with van der Waals surface area (Å²) < 4.78 is 1.07. The molecule has 0 aliphatic heterocycles. The Balaban J connectivity index is 2.39. The lowest BCUT2D eigenvalue weighted by Crippen LogP contribution is -2.11. The van der Waals surface area contributed by atoms with E-state index in [1.807, 2.05) is 12.1 Å². The molecule has 0 aliphatic rings. The molecule has 2 nitrogen and oxygen atoms in total. The van der Waals surface area contributed by atoms with E-state index in [-0.39, 0.29) is 5.41 Å². The van der Waals surface area contributed by atoms with Gasteiger partial charge in [-0.25, -0.2) is 0 Å². The van der Waals surface area contributed by atoms with Gasteiger partial charge in [-0.15, -0.1) is 0 Å². The largest absolute Gasteiger partial charge is 0.281 e. The Morgan fingerprint density at radius 2 is 1.94 bits per heavy atom. The van der Waals surface area contributed by atoms with Crippen molar-refractivity contribution < 1.29 is 0 Å². The van der Waals surface area contributed by atoms with Crippen molar-refractivity contribution in [3.05, 3.63) is 40.5 Å². The molecule has 0 bridgehead atoms. The lowest BCUT2D eigenvalue weighted by molar-refractivity contribution is 0.567. The highest BCUT2D eigenvalue weighted by Gasteiger charge is 2.17. The molecule has 1 aromatic carbocycles. The number of benzene rings is 1. The molecule has 0 aliphatic carbocycles. The average molecular weight is 279 g/mol. The molecule has 16 heavy (non-hydrogen) atoms. The van der Waals surface area contributed by atoms with E-state index in [0.29, 0.717) is 0 Å². The van der Waals surface area contributed by atoms with Crippen molar-refractivity contribution >= 4 is 15.9 Å². The maximum absolute atomic E-state index is 4.35. The van der Waals surface area contributed by atoms with Crippen LogP contribution in [0.3, 0.4) is 0 Å². The van der Waals surface area contributed by atoms with Crippen molar-refractivity contribution in [2.45, 2.75) is 26.2 Å². The minimum atomic E-state index is 0.108. The Kier molecular flexibility index (Phi) is 2.89. The lowest BCUT2D eigenvalue weighted by Gasteiger charge is -2.14. The smallest absolute Gasteiger partial charge is 0.0924 e. The van der Waals surface area contributed by atoms with Crippen molar-refractivity contribution in [2.75, 3.05) is 0 Å². The van der Waals surface area contributed by atoms with Gasteiger partial charge in [0, 0.05) is 21.1 Å². The number of hydrogen-bond acceptors (Lipinski definition) is 1. The highest BCUT2D eigenvalue weighted by molar-refractivity contribution is 9.10. The van der Waals surface area contributed by atoms with Gasteiger partial charge in [-0.3, -0.25) is 5.10 Å². The van der Waals surface area contributed by atoms with Crippen LogP contribution >= 0.6 is 15.9 Å². The monoisotopic (exact) mass is 278 g/mol. The summed E-state index contributed by atoms with van der Waals surface area (Å²) >= 11 is 3.47. The minimum Gasteiger partial charge on any atom is -0.281 e. The van der Waals surface area contributed by atoms with Gasteiger partial charge in [0.2, 0.25) is 0 Å². The SMILES string of the molecule is CC(C)(C)c1cc(-c2cccc(Br)c2)n[nH]1. The van der Waals surface area contributed by atoms with Crippen LogP contribution in [0.25, 0.3) is 11.3 Å². The normalized spacial score (nSPS) is 11.8. The third-order valence-corrected chi connectivity index (χ3v) is 3.00. The second-order valence-electron chi connectivity index (χ2n) is 4.93. The number of hydrogen-bond donors (Lipinski definition) is 1. The Morgan fingerprint density at radius 3 is 2.50 bits per heavy atom. The first kappa shape index (κ1) is 11.4. The average Bonchev–Trinajstić information content (AvgIpc) is 2.65. The molecule has 0 saturated carbocycles. The molecular weight excluding hydrogens is 264 g/mol. The van der Waals surface area contributed by atoms with Crippen LogP contribution in [0.5, 0.6) is 0 Å². The zero-order chi connectivity index (χ0) is 11.8. The van der Waals surface area contributed by atoms with E-state index in [1.54, 1.807) is 0 Å². The molecule has 0 amide bonds. The summed E-state index contributed by atoms with van der Waals surface area (Å²) in [6, 6.07) is 10.3. The van der Waals surface area contributed by atoms with Crippen molar-refractivity contribution in [3.8, 4) is 11.3 Å². The first-order valence-electron chi connectivity index (χ1n) is 5.28. The fraction of sp³-hybridized carbons (Fsp3) is 0.308. The van der Waals surface area contributed by atoms with Gasteiger partial charge in [-0.05, 0) is 18.2 Å². The number of H-pyrrole nitrogens is 1. The van der Waals surface area contributed by atoms with Crippen LogP contribution in [-0.4, -0.2) is 10.2 Å². The Morgan fingerprint density at radius 1 is 1.19 bits per heavy atom. The van der Waals surface area contributed by atoms with Crippen LogP contribution in [0.15, 0.2) is 34.8 Å². The topological polar surface area (TPSA) is 28.7 Å². The maximum atomic E-state index is 4.35. The second kappa shape index (κ2) is 4.06. The van der Waals surface area contributed by atoms with Gasteiger partial charge in [0.1, 0.15) is 0 Å². The molecule has 0 fully saturated rings. The third-order valence-electron chi connectivity index (χ3n) is 2.51. The first-order chi connectivity index (χ1) is 7.47. The maximum Gasteiger partial charge on any atom is 0.0924 e. The van der Waals surface area contributed by atoms with E-state index in [1.165, 1.54) is 0 Å². The number of nitrogens with zero attached hydrogens (tertiary/aromatic N) is 1. The fourth-order valence-corrected chi connectivity index (χ4v) is 1.90. The summed E-state index contributed by atoms with van der Waals surface area (Å²) in [4.78, 5) is 0. The van der Waals surface area contributed by atoms with Gasteiger partial charge >= 0.3 is 0 Å². The van der Waals surface area contributed by atoms with Gasteiger partial charge in [0.05, 0.1) is 5.69 Å². The van der Waals surface area contributed by atoms with Gasteiger partial charge in [-0.1, -0.05) is 48.8 Å². The van der Waals surface area contributed by atoms with E-state index in [9.17, 15) is 0 Å². The highest BCUT2D eigenvalue weighted by atomic mass is 79.9. The van der Waals surface area contributed by atoms with E-state index in [2.05, 4.69) is 65.1 Å². The molecule has 0 radical (unpaired) electrons. The van der Waals surface area contributed by atoms with Gasteiger partial charge in [0.25, 0.3) is 0 Å². The summed E-state index contributed by atoms with van der Waals surface area (Å²) in [6.07, 6.45) is 0. The van der Waals surface area contributed by atoms with E-state index < -0.39 is 0 Å². The number of aromatic amines is 1. The molecule has 2 rings (SSSR count). The molecule has 0 spiro atoms. The number of aromatic nitrogens is 2. The van der Waals surface area contributed by atoms with Crippen molar-refractivity contribution in [2.24, 2.45) is 0 Å². The Bertz CT molecular complexity index is 495. The second-order valence-corrected chi connectivity index (χ2v) is 5.84. The van der Waals surface area contributed by atoms with E-state index in [4.69, 9.17) is 0 Å². The predicted octanol–water partition coefficient (Wildman–Crippen LogP) is 4.14. The van der Waals surface area contributed by atoms with Crippen LogP contribution in [0.4, 0.5) is 0 Å². The fourth-order valence-electron chi connectivity index (χ4n) is 1.50. The summed E-state index contributed by atoms with van der Waals surface area (Å²) in [7, 11) is 0. The van der Waals surface area contributed by atoms with Crippen LogP contribution in [-0.2, 0) is 5.41 Å². The standard InChI is InChI=1S/C13H15BrN2/c1-13(2,3)12-8-11(15-16-12)9-5-4-6-10(14)7-9/h4-8H,1-3H3,(H,15,16). The molecule has 2 aromatic rings. The van der Waals surface area contributed by atoms with Crippen LogP contribution < -0.4 is 0 Å². The number of halogens is 1. The molecule has 0 unspecified atom stereocenters. The van der Waals surface area contributed by atoms with Crippen molar-refractivity contribution in [1.29, 1.82) is 0 Å². The summed E-state index contributed by atoms with van der Waals surface area (Å²) in [5.41, 5.74) is 3.38. The van der Waals surface area contributed by atoms with Crippen LogP contribution in [0.2, 0.25) is 0 Å². The highest BCUT2D eigenvalue weighted by Crippen LogP contribution is 2.26. The van der Waals surface area contributed by atoms with Gasteiger partial charge < -0.3 is 0 Å². The zero-order valence-electron chi connectivity index (χ0n) is 9.71. The lowest BCUT2D eigenvalue weighted by atomic mass is 9.92. The molecule has 0 saturated heterocycles. The van der Waals surface area contributed by atoms with Gasteiger partial charge in [-0.2, -0.15) is 5.10 Å². The summed E-state index contributed by atoms with van der Waals surface area (Å²) in [5.74, 6) is 0. The van der Waals surface area contributed by atoms with E-state index in [0.717, 1.165) is 21.4 Å². The molecule has 1 heterocycles. The molecule has 1 aromatic heterocycles. The third kappa shape index (κ3) is 2.35. The number of rotatable bonds is 1. The summed E-state index contributed by atoms with van der Waals surface area (Å²) in [6.45, 7) is 6.52. The van der Waals surface area contributed by atoms with E-state index >= 15 is 0 Å². The molecule has 0 atom stereocenters. The number of nitrogens with one attached hydrogen (secondary N) is 1. The Hall–Kier alpha value is -1.09. The predicted molar refractivity (Wildman–Crippen MR) is 70.4 cm³/mol. The quantitative estimate of drug-likeness (QED) is 0.835. The van der Waals surface area contributed by atoms with Gasteiger partial charge in [0.15, 0.2) is 0 Å². The molecular formula is C13H15BrN2. The molecule has 3 heteroatoms. The molecule has 84 valence electrons. The summed E-state index contributed by atoms with van der Waals surface area (Å²) in [5, 5.41) is 7.45. The van der Waals surface area contributed by atoms with Crippen molar-refractivity contribution in [3.63, 3.8) is 0 Å². The van der Waals surface area contributed by atoms with Crippen LogP contribution in [0, 0.1) is 0 Å². The zero-order valence-corrected chi connectivity index (χ0v) is 11.3. The van der Waals surface area contributed by atoms with Crippen LogP contribution in [0.1, 0.15) is 26.5 Å². The Labute approximate surface area is 104 Å². The first-order valence-corrected chi connectivity index (χ1v) is 6.08. The molecule has 1 N–H and O–H groups in total. The minimum absolute atomic E-state index is 0.108.